The molecule has 1 aromatic rings. The molecule has 4 rings (SSSR count). The van der Waals surface area contributed by atoms with E-state index in [1.54, 1.807) is 0 Å². The zero-order valence-corrected chi connectivity index (χ0v) is 16.1. The highest BCUT2D eigenvalue weighted by Crippen LogP contribution is 2.37. The second kappa shape index (κ2) is 6.87. The zero-order chi connectivity index (χ0) is 18.4. The third-order valence-electron chi connectivity index (χ3n) is 5.82. The number of rotatable bonds is 3. The molecule has 0 aliphatic carbocycles. The minimum Gasteiger partial charge on any atom is -0.399 e. The van der Waals surface area contributed by atoms with Crippen LogP contribution < -0.4 is 5.46 Å². The van der Waals surface area contributed by atoms with Gasteiger partial charge in [-0.1, -0.05) is 0 Å². The minimum absolute atomic E-state index is 0.0284. The van der Waals surface area contributed by atoms with Crippen LogP contribution in [0.5, 0.6) is 0 Å². The third kappa shape index (κ3) is 3.43. The molecule has 0 saturated carbocycles. The van der Waals surface area contributed by atoms with Gasteiger partial charge in [-0.2, -0.15) is 0 Å². The average molecular weight is 361 g/mol. The smallest absolute Gasteiger partial charge is 0.399 e. The van der Waals surface area contributed by atoms with Gasteiger partial charge in [0.25, 0.3) is 0 Å². The molecule has 0 radical (unpaired) electrons. The van der Waals surface area contributed by atoms with Crippen molar-refractivity contribution in [2.45, 2.75) is 63.9 Å². The van der Waals surface area contributed by atoms with E-state index in [4.69, 9.17) is 28.5 Å². The molecule has 2 unspecified atom stereocenters. The molecule has 0 N–H and O–H groups in total. The Kier molecular flexibility index (Phi) is 4.86. The molecule has 0 aromatic carbocycles. The number of hydrogen-bond donors (Lipinski definition) is 0. The van der Waals surface area contributed by atoms with E-state index >= 15 is 0 Å². The van der Waals surface area contributed by atoms with Crippen molar-refractivity contribution in [2.75, 3.05) is 26.4 Å². The van der Waals surface area contributed by atoms with Gasteiger partial charge in [0.1, 0.15) is 6.10 Å². The van der Waals surface area contributed by atoms with Crippen molar-refractivity contribution in [1.29, 1.82) is 0 Å². The first-order chi connectivity index (χ1) is 12.4. The number of ether oxygens (including phenoxy) is 3. The maximum absolute atomic E-state index is 6.25. The molecular weight excluding hydrogens is 333 g/mol. The molecule has 3 saturated heterocycles. The first-order valence-corrected chi connectivity index (χ1v) is 9.54. The molecule has 4 heterocycles. The monoisotopic (exact) mass is 361 g/mol. The summed E-state index contributed by atoms with van der Waals surface area (Å²) >= 11 is 0. The van der Waals surface area contributed by atoms with Crippen LogP contribution in [0.1, 0.15) is 64.1 Å². The summed E-state index contributed by atoms with van der Waals surface area (Å²) in [6.07, 6.45) is 1.92. The summed E-state index contributed by atoms with van der Waals surface area (Å²) in [5, 5.41) is 0. The Morgan fingerprint density at radius 1 is 0.923 bits per heavy atom. The Labute approximate surface area is 155 Å². The molecule has 0 spiro atoms. The van der Waals surface area contributed by atoms with Crippen molar-refractivity contribution in [3.8, 4) is 0 Å². The minimum atomic E-state index is -0.425. The van der Waals surface area contributed by atoms with Crippen LogP contribution in [0.3, 0.4) is 0 Å². The van der Waals surface area contributed by atoms with E-state index in [1.807, 2.05) is 6.07 Å². The fourth-order valence-electron chi connectivity index (χ4n) is 3.51. The van der Waals surface area contributed by atoms with Crippen LogP contribution in [0, 0.1) is 0 Å². The average Bonchev–Trinajstić information content (AvgIpc) is 3.22. The zero-order valence-electron chi connectivity index (χ0n) is 16.1. The molecule has 7 heteroatoms. The molecule has 0 bridgehead atoms. The number of nitrogens with zero attached hydrogens (tertiary/aromatic N) is 1. The molecule has 3 aliphatic heterocycles. The number of aromatic nitrogens is 1. The van der Waals surface area contributed by atoms with Crippen LogP contribution in [0.4, 0.5) is 0 Å². The van der Waals surface area contributed by atoms with E-state index in [1.165, 1.54) is 0 Å². The third-order valence-corrected chi connectivity index (χ3v) is 5.82. The van der Waals surface area contributed by atoms with Crippen LogP contribution in [0.15, 0.2) is 12.1 Å². The second-order valence-corrected chi connectivity index (χ2v) is 8.27. The second-order valence-electron chi connectivity index (χ2n) is 8.27. The summed E-state index contributed by atoms with van der Waals surface area (Å²) in [6.45, 7) is 10.8. The van der Waals surface area contributed by atoms with Crippen molar-refractivity contribution in [2.24, 2.45) is 0 Å². The molecule has 3 aliphatic rings. The lowest BCUT2D eigenvalue weighted by Crippen LogP contribution is -2.41. The quantitative estimate of drug-likeness (QED) is 0.771. The van der Waals surface area contributed by atoms with Gasteiger partial charge in [0.15, 0.2) is 0 Å². The Morgan fingerprint density at radius 3 is 2.15 bits per heavy atom. The SMILES string of the molecule is CC1(C)OB(c2cc(C3CCCO3)nc(C3COCCO3)c2)OC1(C)C. The number of hydrogen-bond acceptors (Lipinski definition) is 6. The van der Waals surface area contributed by atoms with Gasteiger partial charge in [0.05, 0.1) is 48.5 Å². The molecule has 142 valence electrons. The number of pyridine rings is 1. The Hall–Kier alpha value is -0.985. The van der Waals surface area contributed by atoms with Crippen molar-refractivity contribution in [3.63, 3.8) is 0 Å². The maximum atomic E-state index is 6.25. The summed E-state index contributed by atoms with van der Waals surface area (Å²) < 4.78 is 29.8. The normalized spacial score (nSPS) is 30.7. The first kappa shape index (κ1) is 18.4. The van der Waals surface area contributed by atoms with E-state index in [0.29, 0.717) is 19.8 Å². The Bertz CT molecular complexity index is 637. The summed E-state index contributed by atoms with van der Waals surface area (Å²) in [6, 6.07) is 4.09. The molecule has 3 fully saturated rings. The highest BCUT2D eigenvalue weighted by atomic mass is 16.7. The molecule has 2 atom stereocenters. The van der Waals surface area contributed by atoms with E-state index in [9.17, 15) is 0 Å². The van der Waals surface area contributed by atoms with E-state index in [0.717, 1.165) is 36.3 Å². The van der Waals surface area contributed by atoms with E-state index in [-0.39, 0.29) is 23.4 Å². The highest BCUT2D eigenvalue weighted by Gasteiger charge is 2.52. The van der Waals surface area contributed by atoms with Gasteiger partial charge in [0, 0.05) is 6.61 Å². The predicted molar refractivity (Wildman–Crippen MR) is 97.4 cm³/mol. The molecule has 26 heavy (non-hydrogen) atoms. The van der Waals surface area contributed by atoms with Gasteiger partial charge in [-0.3, -0.25) is 4.98 Å². The fraction of sp³-hybridized carbons (Fsp3) is 0.737. The van der Waals surface area contributed by atoms with Crippen molar-refractivity contribution in [3.05, 3.63) is 23.5 Å². The summed E-state index contributed by atoms with van der Waals surface area (Å²) in [7, 11) is -0.425. The molecule has 1 aromatic heterocycles. The topological polar surface area (TPSA) is 59.0 Å². The van der Waals surface area contributed by atoms with Gasteiger partial charge in [-0.25, -0.2) is 0 Å². The van der Waals surface area contributed by atoms with E-state index in [2.05, 4.69) is 33.8 Å². The lowest BCUT2D eigenvalue weighted by Gasteiger charge is -2.32. The maximum Gasteiger partial charge on any atom is 0.494 e. The van der Waals surface area contributed by atoms with Crippen molar-refractivity contribution in [1.82, 2.24) is 4.98 Å². The summed E-state index contributed by atoms with van der Waals surface area (Å²) in [5.74, 6) is 0. The summed E-state index contributed by atoms with van der Waals surface area (Å²) in [4.78, 5) is 4.84. The van der Waals surface area contributed by atoms with Crippen LogP contribution >= 0.6 is 0 Å². The van der Waals surface area contributed by atoms with Gasteiger partial charge in [0.2, 0.25) is 0 Å². The summed E-state index contributed by atoms with van der Waals surface area (Å²) in [5.41, 5.74) is 2.00. The van der Waals surface area contributed by atoms with Crippen LogP contribution in [-0.4, -0.2) is 49.7 Å². The first-order valence-electron chi connectivity index (χ1n) is 9.54. The largest absolute Gasteiger partial charge is 0.494 e. The Morgan fingerprint density at radius 2 is 1.58 bits per heavy atom. The fourth-order valence-corrected chi connectivity index (χ4v) is 3.51. The molecular formula is C19H28BNO5. The highest BCUT2D eigenvalue weighted by molar-refractivity contribution is 6.62. The van der Waals surface area contributed by atoms with Crippen molar-refractivity contribution < 1.29 is 23.5 Å². The van der Waals surface area contributed by atoms with Crippen LogP contribution in [0.25, 0.3) is 0 Å². The van der Waals surface area contributed by atoms with Gasteiger partial charge >= 0.3 is 7.12 Å². The lowest BCUT2D eigenvalue weighted by atomic mass is 9.78. The van der Waals surface area contributed by atoms with Crippen molar-refractivity contribution >= 4 is 12.6 Å². The van der Waals surface area contributed by atoms with Gasteiger partial charge in [-0.05, 0) is 58.1 Å². The van der Waals surface area contributed by atoms with E-state index < -0.39 is 7.12 Å². The molecule has 0 amide bonds. The van der Waals surface area contributed by atoms with Crippen LogP contribution in [0.2, 0.25) is 0 Å². The Balaban J connectivity index is 1.68. The molecule has 6 nitrogen and oxygen atoms in total. The predicted octanol–water partition coefficient (Wildman–Crippen LogP) is 2.32. The van der Waals surface area contributed by atoms with Gasteiger partial charge < -0.3 is 23.5 Å². The lowest BCUT2D eigenvalue weighted by molar-refractivity contribution is -0.0919. The van der Waals surface area contributed by atoms with Crippen LogP contribution in [-0.2, 0) is 23.5 Å². The standard InChI is InChI=1S/C19H28BNO5/c1-18(2)19(3,4)26-20(25-18)13-10-14(16-6-5-7-23-16)21-15(11-13)17-12-22-8-9-24-17/h10-11,16-17H,5-9,12H2,1-4H3. The van der Waals surface area contributed by atoms with Gasteiger partial charge in [-0.15, -0.1) is 0 Å².